The first-order valence-corrected chi connectivity index (χ1v) is 6.45. The van der Waals surface area contributed by atoms with E-state index in [0.29, 0.717) is 12.8 Å². The molecule has 0 aromatic rings. The van der Waals surface area contributed by atoms with Crippen molar-refractivity contribution >= 4 is 11.9 Å². The van der Waals surface area contributed by atoms with Crippen LogP contribution in [-0.4, -0.2) is 40.3 Å². The average molecular weight is 260 g/mol. The van der Waals surface area contributed by atoms with Gasteiger partial charge in [0.1, 0.15) is 0 Å². The number of nitrogens with two attached hydrogens (primary N) is 1. The van der Waals surface area contributed by atoms with Crippen LogP contribution in [0.3, 0.4) is 0 Å². The number of unbranched alkanes of at least 4 members (excludes halogenated alkanes) is 4. The molecule has 0 atom stereocenters. The van der Waals surface area contributed by atoms with Gasteiger partial charge in [-0.25, -0.2) is 5.01 Å². The van der Waals surface area contributed by atoms with E-state index in [4.69, 9.17) is 16.1 Å². The van der Waals surface area contributed by atoms with Crippen LogP contribution in [0, 0.1) is 0 Å². The molecular weight excluding hydrogens is 236 g/mol. The second kappa shape index (κ2) is 11.0. The van der Waals surface area contributed by atoms with Gasteiger partial charge in [0.25, 0.3) is 0 Å². The van der Waals surface area contributed by atoms with Gasteiger partial charge in [-0.15, -0.1) is 0 Å². The van der Waals surface area contributed by atoms with Gasteiger partial charge in [0, 0.05) is 25.9 Å². The summed E-state index contributed by atoms with van der Waals surface area (Å²) in [6, 6.07) is 0. The van der Waals surface area contributed by atoms with Crippen molar-refractivity contribution in [2.45, 2.75) is 51.4 Å². The summed E-state index contributed by atoms with van der Waals surface area (Å²) in [5, 5.41) is 18.6. The van der Waals surface area contributed by atoms with Gasteiger partial charge in [-0.05, 0) is 25.7 Å². The summed E-state index contributed by atoms with van der Waals surface area (Å²) in [5.74, 6) is 4.25. The lowest BCUT2D eigenvalue weighted by atomic mass is 10.2. The van der Waals surface area contributed by atoms with Crippen molar-refractivity contribution in [3.8, 4) is 0 Å². The van der Waals surface area contributed by atoms with Crippen LogP contribution >= 0.6 is 0 Å². The van der Waals surface area contributed by atoms with Gasteiger partial charge >= 0.3 is 11.9 Å². The van der Waals surface area contributed by atoms with Crippen LogP contribution in [0.1, 0.15) is 51.4 Å². The molecule has 0 bridgehead atoms. The lowest BCUT2D eigenvalue weighted by Gasteiger charge is -2.15. The number of carbonyl (C=O) groups is 2. The Morgan fingerprint density at radius 3 is 1.50 bits per heavy atom. The van der Waals surface area contributed by atoms with Crippen molar-refractivity contribution in [1.82, 2.24) is 5.01 Å². The molecule has 0 aliphatic heterocycles. The molecule has 4 N–H and O–H groups in total. The van der Waals surface area contributed by atoms with Crippen molar-refractivity contribution in [1.29, 1.82) is 0 Å². The van der Waals surface area contributed by atoms with Crippen molar-refractivity contribution in [3.05, 3.63) is 0 Å². The third kappa shape index (κ3) is 12.9. The Balaban J connectivity index is 3.24. The minimum Gasteiger partial charge on any atom is -0.481 e. The topological polar surface area (TPSA) is 104 Å². The molecule has 0 amide bonds. The Morgan fingerprint density at radius 1 is 0.778 bits per heavy atom. The molecule has 0 unspecified atom stereocenters. The van der Waals surface area contributed by atoms with Crippen LogP contribution in [0.5, 0.6) is 0 Å². The molecule has 0 aromatic heterocycles. The number of nitrogens with zero attached hydrogens (tertiary/aromatic N) is 1. The van der Waals surface area contributed by atoms with E-state index in [1.165, 1.54) is 0 Å². The first-order chi connectivity index (χ1) is 8.52. The van der Waals surface area contributed by atoms with Gasteiger partial charge in [-0.3, -0.25) is 15.4 Å². The Kier molecular flexibility index (Phi) is 10.3. The molecule has 6 nitrogen and oxygen atoms in total. The molecule has 0 radical (unpaired) electrons. The second-order valence-corrected chi connectivity index (χ2v) is 4.44. The number of hydrogen-bond donors (Lipinski definition) is 3. The standard InChI is InChI=1S/C12H24N2O4/c13-14(9-5-1-3-7-11(15)16)10-6-2-4-8-12(17)18/h1-10,13H2,(H,15,16)(H,17,18). The normalized spacial score (nSPS) is 10.8. The van der Waals surface area contributed by atoms with Crippen molar-refractivity contribution in [2.24, 2.45) is 5.84 Å². The number of carboxylic acids is 2. The van der Waals surface area contributed by atoms with E-state index in [0.717, 1.165) is 38.8 Å². The lowest BCUT2D eigenvalue weighted by Crippen LogP contribution is -2.32. The van der Waals surface area contributed by atoms with Gasteiger partial charge in [0.15, 0.2) is 0 Å². The van der Waals surface area contributed by atoms with E-state index >= 15 is 0 Å². The minimum absolute atomic E-state index is 0.222. The summed E-state index contributed by atoms with van der Waals surface area (Å²) < 4.78 is 0. The van der Waals surface area contributed by atoms with Crippen molar-refractivity contribution < 1.29 is 19.8 Å². The third-order valence-corrected chi connectivity index (χ3v) is 2.67. The smallest absolute Gasteiger partial charge is 0.303 e. The highest BCUT2D eigenvalue weighted by atomic mass is 16.4. The Morgan fingerprint density at radius 2 is 1.17 bits per heavy atom. The summed E-state index contributed by atoms with van der Waals surface area (Å²) in [7, 11) is 0. The van der Waals surface area contributed by atoms with Crippen LogP contribution in [0.15, 0.2) is 0 Å². The molecule has 0 aromatic carbocycles. The highest BCUT2D eigenvalue weighted by Crippen LogP contribution is 2.03. The zero-order chi connectivity index (χ0) is 13.8. The largest absolute Gasteiger partial charge is 0.481 e. The molecule has 0 rings (SSSR count). The molecule has 106 valence electrons. The summed E-state index contributed by atoms with van der Waals surface area (Å²) in [4.78, 5) is 20.5. The van der Waals surface area contributed by atoms with Gasteiger partial charge in [-0.2, -0.15) is 0 Å². The maximum absolute atomic E-state index is 10.3. The summed E-state index contributed by atoms with van der Waals surface area (Å²) in [5.41, 5.74) is 0. The van der Waals surface area contributed by atoms with Gasteiger partial charge in [0.05, 0.1) is 0 Å². The monoisotopic (exact) mass is 260 g/mol. The maximum Gasteiger partial charge on any atom is 0.303 e. The number of hydrazine groups is 1. The lowest BCUT2D eigenvalue weighted by molar-refractivity contribution is -0.138. The third-order valence-electron chi connectivity index (χ3n) is 2.67. The molecule has 0 aliphatic rings. The molecule has 0 heterocycles. The Hall–Kier alpha value is -1.14. The number of hydrogen-bond acceptors (Lipinski definition) is 4. The Labute approximate surface area is 108 Å². The van der Waals surface area contributed by atoms with E-state index in [-0.39, 0.29) is 12.8 Å². The first kappa shape index (κ1) is 16.9. The zero-order valence-corrected chi connectivity index (χ0v) is 10.8. The minimum atomic E-state index is -0.752. The van der Waals surface area contributed by atoms with E-state index in [2.05, 4.69) is 0 Å². The van der Waals surface area contributed by atoms with Crippen molar-refractivity contribution in [2.75, 3.05) is 13.1 Å². The summed E-state index contributed by atoms with van der Waals surface area (Å²) in [6.07, 6.45) is 5.39. The Bertz CT molecular complexity index is 222. The average Bonchev–Trinajstić information content (AvgIpc) is 2.27. The molecule has 18 heavy (non-hydrogen) atoms. The molecule has 0 saturated carbocycles. The second-order valence-electron chi connectivity index (χ2n) is 4.44. The summed E-state index contributed by atoms with van der Waals surface area (Å²) in [6.45, 7) is 1.52. The fourth-order valence-electron chi connectivity index (χ4n) is 1.65. The van der Waals surface area contributed by atoms with Crippen LogP contribution in [-0.2, 0) is 9.59 Å². The molecule has 0 fully saturated rings. The van der Waals surface area contributed by atoms with E-state index in [1.54, 1.807) is 5.01 Å². The molecular formula is C12H24N2O4. The number of rotatable bonds is 12. The van der Waals surface area contributed by atoms with Gasteiger partial charge in [0.2, 0.25) is 0 Å². The molecule has 6 heteroatoms. The maximum atomic E-state index is 10.3. The molecule has 0 aliphatic carbocycles. The van der Waals surface area contributed by atoms with E-state index in [1.807, 2.05) is 0 Å². The predicted molar refractivity (Wildman–Crippen MR) is 68.0 cm³/mol. The fraction of sp³-hybridized carbons (Fsp3) is 0.833. The number of aliphatic carboxylic acids is 2. The fourth-order valence-corrected chi connectivity index (χ4v) is 1.65. The first-order valence-electron chi connectivity index (χ1n) is 6.45. The van der Waals surface area contributed by atoms with Crippen LogP contribution in [0.4, 0.5) is 0 Å². The van der Waals surface area contributed by atoms with Gasteiger partial charge < -0.3 is 10.2 Å². The van der Waals surface area contributed by atoms with Crippen LogP contribution in [0.25, 0.3) is 0 Å². The van der Waals surface area contributed by atoms with Crippen LogP contribution < -0.4 is 5.84 Å². The number of carboxylic acid groups (broad SMARTS) is 2. The molecule has 0 spiro atoms. The quantitative estimate of drug-likeness (QED) is 0.279. The highest BCUT2D eigenvalue weighted by Gasteiger charge is 2.01. The SMILES string of the molecule is NN(CCCCCC(=O)O)CCCCCC(=O)O. The predicted octanol–water partition coefficient (Wildman–Crippen LogP) is 1.45. The van der Waals surface area contributed by atoms with Crippen LogP contribution in [0.2, 0.25) is 0 Å². The van der Waals surface area contributed by atoms with E-state index in [9.17, 15) is 9.59 Å². The highest BCUT2D eigenvalue weighted by molar-refractivity contribution is 5.66. The summed E-state index contributed by atoms with van der Waals surface area (Å²) >= 11 is 0. The van der Waals surface area contributed by atoms with E-state index < -0.39 is 11.9 Å². The molecule has 0 saturated heterocycles. The van der Waals surface area contributed by atoms with Gasteiger partial charge in [-0.1, -0.05) is 12.8 Å². The zero-order valence-electron chi connectivity index (χ0n) is 10.8. The van der Waals surface area contributed by atoms with Crippen molar-refractivity contribution in [3.63, 3.8) is 0 Å².